The van der Waals surface area contributed by atoms with E-state index in [1.54, 1.807) is 6.20 Å². The Morgan fingerprint density at radius 1 is 0.950 bits per heavy atom. The Balaban J connectivity index is 2.74. The third-order valence-electron chi connectivity index (χ3n) is 2.77. The van der Waals surface area contributed by atoms with Crippen molar-refractivity contribution in [3.63, 3.8) is 0 Å². The highest BCUT2D eigenvalue weighted by Gasteiger charge is 2.18. The highest BCUT2D eigenvalue weighted by atomic mass is 35.5. The zero-order valence-corrected chi connectivity index (χ0v) is 12.7. The number of fused-ring (bicyclic) bond motifs is 1. The summed E-state index contributed by atoms with van der Waals surface area (Å²) in [7, 11) is 0. The van der Waals surface area contributed by atoms with E-state index in [0.717, 1.165) is 10.8 Å². The Morgan fingerprint density at radius 2 is 1.60 bits per heavy atom. The highest BCUT2D eigenvalue weighted by Crippen LogP contribution is 2.45. The molecule has 0 atom stereocenters. The van der Waals surface area contributed by atoms with Crippen LogP contribution < -0.4 is 14.2 Å². The largest absolute Gasteiger partial charge is 0.490 e. The summed E-state index contributed by atoms with van der Waals surface area (Å²) in [5.41, 5.74) is 0. The van der Waals surface area contributed by atoms with Gasteiger partial charge in [0.25, 0.3) is 0 Å². The van der Waals surface area contributed by atoms with Crippen molar-refractivity contribution in [3.8, 4) is 17.2 Å². The fraction of sp³-hybridized carbons (Fsp3) is 0.400. The summed E-state index contributed by atoms with van der Waals surface area (Å²) < 4.78 is 17.1. The third-order valence-corrected chi connectivity index (χ3v) is 3.07. The number of aromatic nitrogens is 1. The number of hydrogen-bond acceptors (Lipinski definition) is 4. The average molecular weight is 296 g/mol. The van der Waals surface area contributed by atoms with Crippen molar-refractivity contribution in [1.29, 1.82) is 0 Å². The van der Waals surface area contributed by atoms with Crippen LogP contribution in [0.5, 0.6) is 17.2 Å². The average Bonchev–Trinajstić information content (AvgIpc) is 2.44. The molecule has 0 saturated carbocycles. The molecule has 0 radical (unpaired) electrons. The van der Waals surface area contributed by atoms with Crippen LogP contribution >= 0.6 is 11.6 Å². The summed E-state index contributed by atoms with van der Waals surface area (Å²) in [6.07, 6.45) is 1.66. The molecule has 5 heteroatoms. The van der Waals surface area contributed by atoms with Gasteiger partial charge in [0.2, 0.25) is 5.75 Å². The van der Waals surface area contributed by atoms with E-state index in [0.29, 0.717) is 42.2 Å². The Morgan fingerprint density at radius 3 is 2.25 bits per heavy atom. The van der Waals surface area contributed by atoms with Gasteiger partial charge in [0.1, 0.15) is 5.15 Å². The lowest BCUT2D eigenvalue weighted by Gasteiger charge is -2.17. The molecular weight excluding hydrogens is 278 g/mol. The predicted molar refractivity (Wildman–Crippen MR) is 80.3 cm³/mol. The summed E-state index contributed by atoms with van der Waals surface area (Å²) in [5.74, 6) is 1.89. The summed E-state index contributed by atoms with van der Waals surface area (Å²) >= 11 is 6.17. The minimum absolute atomic E-state index is 0.424. The summed E-state index contributed by atoms with van der Waals surface area (Å²) in [5, 5.41) is 2.09. The SMILES string of the molecule is CCOc1cc2c(Cl)nccc2c(OCC)c1OCC. The van der Waals surface area contributed by atoms with Crippen LogP contribution in [0.3, 0.4) is 0 Å². The predicted octanol–water partition coefficient (Wildman–Crippen LogP) is 4.08. The van der Waals surface area contributed by atoms with Crippen molar-refractivity contribution in [3.05, 3.63) is 23.5 Å². The minimum Gasteiger partial charge on any atom is -0.490 e. The fourth-order valence-electron chi connectivity index (χ4n) is 2.05. The number of pyridine rings is 1. The van der Waals surface area contributed by atoms with E-state index in [2.05, 4.69) is 4.98 Å². The Labute approximate surface area is 123 Å². The normalized spacial score (nSPS) is 10.6. The van der Waals surface area contributed by atoms with Crippen LogP contribution in [0.1, 0.15) is 20.8 Å². The van der Waals surface area contributed by atoms with Gasteiger partial charge in [-0.2, -0.15) is 0 Å². The Hall–Kier alpha value is -1.68. The van der Waals surface area contributed by atoms with Crippen LogP contribution in [0.4, 0.5) is 0 Å². The quantitative estimate of drug-likeness (QED) is 0.753. The van der Waals surface area contributed by atoms with E-state index < -0.39 is 0 Å². The minimum atomic E-state index is 0.424. The van der Waals surface area contributed by atoms with Gasteiger partial charge in [0, 0.05) is 17.0 Å². The zero-order valence-electron chi connectivity index (χ0n) is 11.9. The van der Waals surface area contributed by atoms with E-state index in [9.17, 15) is 0 Å². The van der Waals surface area contributed by atoms with Crippen LogP contribution in [0.15, 0.2) is 18.3 Å². The monoisotopic (exact) mass is 295 g/mol. The molecule has 1 heterocycles. The molecule has 0 aliphatic rings. The highest BCUT2D eigenvalue weighted by molar-refractivity contribution is 6.34. The molecule has 1 aromatic heterocycles. The van der Waals surface area contributed by atoms with Gasteiger partial charge in [0.05, 0.1) is 19.8 Å². The summed E-state index contributed by atoms with van der Waals surface area (Å²) in [6, 6.07) is 3.71. The molecule has 0 spiro atoms. The van der Waals surface area contributed by atoms with Crippen LogP contribution in [-0.4, -0.2) is 24.8 Å². The molecule has 0 fully saturated rings. The molecule has 108 valence electrons. The second kappa shape index (κ2) is 6.66. The van der Waals surface area contributed by atoms with Crippen molar-refractivity contribution >= 4 is 22.4 Å². The summed E-state index contributed by atoms with van der Waals surface area (Å²) in [4.78, 5) is 4.10. The molecule has 2 aromatic rings. The lowest BCUT2D eigenvalue weighted by Crippen LogP contribution is -2.03. The van der Waals surface area contributed by atoms with E-state index in [1.807, 2.05) is 32.9 Å². The molecular formula is C15H18ClNO3. The van der Waals surface area contributed by atoms with Crippen molar-refractivity contribution in [2.24, 2.45) is 0 Å². The Kier molecular flexibility index (Phi) is 4.90. The van der Waals surface area contributed by atoms with Crippen LogP contribution in [0, 0.1) is 0 Å². The maximum Gasteiger partial charge on any atom is 0.204 e. The number of benzene rings is 1. The van der Waals surface area contributed by atoms with Gasteiger partial charge in [-0.3, -0.25) is 0 Å². The maximum atomic E-state index is 6.17. The molecule has 0 N–H and O–H groups in total. The maximum absolute atomic E-state index is 6.17. The zero-order chi connectivity index (χ0) is 14.5. The first-order chi connectivity index (χ1) is 9.72. The second-order valence-corrected chi connectivity index (χ2v) is 4.39. The molecule has 4 nitrogen and oxygen atoms in total. The van der Waals surface area contributed by atoms with Crippen LogP contribution in [0.25, 0.3) is 10.8 Å². The molecule has 0 aliphatic heterocycles. The first kappa shape index (κ1) is 14.7. The molecule has 2 rings (SSSR count). The Bertz CT molecular complexity index is 601. The molecule has 0 saturated heterocycles. The van der Waals surface area contributed by atoms with Gasteiger partial charge in [-0.15, -0.1) is 0 Å². The standard InChI is InChI=1S/C15H18ClNO3/c1-4-18-12-9-11-10(7-8-17-15(11)16)13(19-5-2)14(12)20-6-3/h7-9H,4-6H2,1-3H3. The van der Waals surface area contributed by atoms with Crippen LogP contribution in [-0.2, 0) is 0 Å². The van der Waals surface area contributed by atoms with Crippen LogP contribution in [0.2, 0.25) is 5.15 Å². The second-order valence-electron chi connectivity index (χ2n) is 4.03. The summed E-state index contributed by atoms with van der Waals surface area (Å²) in [6.45, 7) is 7.38. The van der Waals surface area contributed by atoms with Gasteiger partial charge >= 0.3 is 0 Å². The number of hydrogen-bond donors (Lipinski definition) is 0. The third kappa shape index (κ3) is 2.75. The number of rotatable bonds is 6. The van der Waals surface area contributed by atoms with Gasteiger partial charge in [0.15, 0.2) is 11.5 Å². The van der Waals surface area contributed by atoms with Crippen molar-refractivity contribution in [2.75, 3.05) is 19.8 Å². The number of halogens is 1. The first-order valence-corrected chi connectivity index (χ1v) is 7.10. The van der Waals surface area contributed by atoms with Crippen molar-refractivity contribution in [1.82, 2.24) is 4.98 Å². The molecule has 0 amide bonds. The van der Waals surface area contributed by atoms with E-state index in [4.69, 9.17) is 25.8 Å². The first-order valence-electron chi connectivity index (χ1n) is 6.72. The molecule has 1 aromatic carbocycles. The van der Waals surface area contributed by atoms with Gasteiger partial charge in [-0.25, -0.2) is 4.98 Å². The lowest BCUT2D eigenvalue weighted by molar-refractivity contribution is 0.263. The van der Waals surface area contributed by atoms with Gasteiger partial charge < -0.3 is 14.2 Å². The van der Waals surface area contributed by atoms with Crippen molar-refractivity contribution < 1.29 is 14.2 Å². The molecule has 0 bridgehead atoms. The number of nitrogens with zero attached hydrogens (tertiary/aromatic N) is 1. The topological polar surface area (TPSA) is 40.6 Å². The molecule has 0 aliphatic carbocycles. The van der Waals surface area contributed by atoms with E-state index in [-0.39, 0.29) is 0 Å². The van der Waals surface area contributed by atoms with Gasteiger partial charge in [-0.1, -0.05) is 11.6 Å². The van der Waals surface area contributed by atoms with E-state index >= 15 is 0 Å². The smallest absolute Gasteiger partial charge is 0.204 e. The molecule has 20 heavy (non-hydrogen) atoms. The fourth-order valence-corrected chi connectivity index (χ4v) is 2.26. The van der Waals surface area contributed by atoms with Crippen molar-refractivity contribution in [2.45, 2.75) is 20.8 Å². The van der Waals surface area contributed by atoms with E-state index in [1.165, 1.54) is 0 Å². The molecule has 0 unspecified atom stereocenters. The number of ether oxygens (including phenoxy) is 3. The van der Waals surface area contributed by atoms with Gasteiger partial charge in [-0.05, 0) is 32.9 Å². The lowest BCUT2D eigenvalue weighted by atomic mass is 10.1.